The predicted octanol–water partition coefficient (Wildman–Crippen LogP) is 1.10. The molecule has 0 saturated heterocycles. The van der Waals surface area contributed by atoms with Crippen LogP contribution in [0.1, 0.15) is 6.92 Å². The minimum Gasteiger partial charge on any atom is -0.493 e. The van der Waals surface area contributed by atoms with Gasteiger partial charge < -0.3 is 15.8 Å². The van der Waals surface area contributed by atoms with Crippen molar-refractivity contribution in [2.24, 2.45) is 11.7 Å². The number of nitrogens with one attached hydrogen (secondary N) is 1. The zero-order valence-electron chi connectivity index (χ0n) is 8.66. The van der Waals surface area contributed by atoms with Gasteiger partial charge in [-0.1, -0.05) is 6.92 Å². The van der Waals surface area contributed by atoms with E-state index in [0.29, 0.717) is 12.5 Å². The van der Waals surface area contributed by atoms with E-state index < -0.39 is 0 Å². The second-order valence-electron chi connectivity index (χ2n) is 3.28. The summed E-state index contributed by atoms with van der Waals surface area (Å²) in [5.41, 5.74) is 5.52. The molecule has 0 amide bonds. The fourth-order valence-electron chi connectivity index (χ4n) is 1.04. The quantitative estimate of drug-likeness (QED) is 0.738. The van der Waals surface area contributed by atoms with Gasteiger partial charge in [0.2, 0.25) is 0 Å². The average molecular weight is 195 g/mol. The van der Waals surface area contributed by atoms with E-state index in [1.54, 1.807) is 13.3 Å². The zero-order chi connectivity index (χ0) is 10.4. The molecule has 1 unspecified atom stereocenters. The second kappa shape index (κ2) is 5.44. The highest BCUT2D eigenvalue weighted by Gasteiger charge is 2.04. The molecule has 0 radical (unpaired) electrons. The van der Waals surface area contributed by atoms with Crippen molar-refractivity contribution in [3.8, 4) is 5.75 Å². The number of rotatable bonds is 5. The largest absolute Gasteiger partial charge is 0.493 e. The molecular formula is C10H17N3O. The van der Waals surface area contributed by atoms with Gasteiger partial charge in [-0.05, 0) is 24.6 Å². The van der Waals surface area contributed by atoms with Crippen molar-refractivity contribution in [1.82, 2.24) is 4.98 Å². The van der Waals surface area contributed by atoms with Crippen molar-refractivity contribution in [3.05, 3.63) is 18.3 Å². The maximum atomic E-state index is 5.52. The van der Waals surface area contributed by atoms with E-state index >= 15 is 0 Å². The van der Waals surface area contributed by atoms with Crippen LogP contribution in [0.15, 0.2) is 18.3 Å². The van der Waals surface area contributed by atoms with Gasteiger partial charge in [-0.3, -0.25) is 0 Å². The molecule has 4 nitrogen and oxygen atoms in total. The number of hydrogen-bond acceptors (Lipinski definition) is 4. The molecule has 3 N–H and O–H groups in total. The fourth-order valence-corrected chi connectivity index (χ4v) is 1.04. The third-order valence-corrected chi connectivity index (χ3v) is 2.01. The van der Waals surface area contributed by atoms with Gasteiger partial charge in [0.25, 0.3) is 0 Å². The van der Waals surface area contributed by atoms with Gasteiger partial charge >= 0.3 is 0 Å². The van der Waals surface area contributed by atoms with Gasteiger partial charge in [0.05, 0.1) is 7.11 Å². The van der Waals surface area contributed by atoms with Crippen LogP contribution in [0.2, 0.25) is 0 Å². The number of aromatic nitrogens is 1. The Kier molecular flexibility index (Phi) is 4.19. The molecule has 78 valence electrons. The molecule has 1 aromatic rings. The maximum Gasteiger partial charge on any atom is 0.168 e. The highest BCUT2D eigenvalue weighted by Crippen LogP contribution is 2.19. The topological polar surface area (TPSA) is 60.2 Å². The van der Waals surface area contributed by atoms with Gasteiger partial charge in [-0.15, -0.1) is 0 Å². The molecule has 0 spiro atoms. The van der Waals surface area contributed by atoms with Gasteiger partial charge in [0.1, 0.15) is 0 Å². The minimum absolute atomic E-state index is 0.432. The molecule has 4 heteroatoms. The SMILES string of the molecule is COc1cccnc1NCC(C)CN. The van der Waals surface area contributed by atoms with E-state index in [9.17, 15) is 0 Å². The van der Waals surface area contributed by atoms with Gasteiger partial charge in [-0.2, -0.15) is 0 Å². The van der Waals surface area contributed by atoms with Crippen molar-refractivity contribution < 1.29 is 4.74 Å². The van der Waals surface area contributed by atoms with E-state index in [4.69, 9.17) is 10.5 Å². The summed E-state index contributed by atoms with van der Waals surface area (Å²) >= 11 is 0. The monoisotopic (exact) mass is 195 g/mol. The summed E-state index contributed by atoms with van der Waals surface area (Å²) < 4.78 is 5.16. The number of methoxy groups -OCH3 is 1. The Hall–Kier alpha value is -1.29. The molecule has 1 rings (SSSR count). The van der Waals surface area contributed by atoms with E-state index in [1.165, 1.54) is 0 Å². The highest BCUT2D eigenvalue weighted by atomic mass is 16.5. The van der Waals surface area contributed by atoms with Gasteiger partial charge in [0.15, 0.2) is 11.6 Å². The number of hydrogen-bond donors (Lipinski definition) is 2. The number of ether oxygens (including phenoxy) is 1. The predicted molar refractivity (Wildman–Crippen MR) is 57.5 cm³/mol. The Balaban J connectivity index is 2.57. The third kappa shape index (κ3) is 2.88. The Morgan fingerprint density at radius 2 is 2.43 bits per heavy atom. The summed E-state index contributed by atoms with van der Waals surface area (Å²) in [5, 5.41) is 3.20. The summed E-state index contributed by atoms with van der Waals surface area (Å²) in [4.78, 5) is 4.18. The smallest absolute Gasteiger partial charge is 0.168 e. The fraction of sp³-hybridized carbons (Fsp3) is 0.500. The lowest BCUT2D eigenvalue weighted by atomic mass is 10.2. The summed E-state index contributed by atoms with van der Waals surface area (Å²) in [5.74, 6) is 1.97. The van der Waals surface area contributed by atoms with Crippen LogP contribution in [0.5, 0.6) is 5.75 Å². The normalized spacial score (nSPS) is 12.2. The molecule has 1 aromatic heterocycles. The summed E-state index contributed by atoms with van der Waals surface area (Å²) in [6.07, 6.45) is 1.73. The van der Waals surface area contributed by atoms with Crippen molar-refractivity contribution >= 4 is 5.82 Å². The molecule has 0 aromatic carbocycles. The molecule has 0 aliphatic heterocycles. The number of nitrogens with two attached hydrogens (primary N) is 1. The molecule has 14 heavy (non-hydrogen) atoms. The van der Waals surface area contributed by atoms with Gasteiger partial charge in [0, 0.05) is 12.7 Å². The van der Waals surface area contributed by atoms with Crippen molar-refractivity contribution in [2.75, 3.05) is 25.5 Å². The third-order valence-electron chi connectivity index (χ3n) is 2.01. The van der Waals surface area contributed by atoms with Crippen LogP contribution < -0.4 is 15.8 Å². The van der Waals surface area contributed by atoms with Crippen molar-refractivity contribution in [2.45, 2.75) is 6.92 Å². The van der Waals surface area contributed by atoms with Crippen LogP contribution in [0.4, 0.5) is 5.82 Å². The lowest BCUT2D eigenvalue weighted by Crippen LogP contribution is -2.20. The Morgan fingerprint density at radius 3 is 3.07 bits per heavy atom. The zero-order valence-corrected chi connectivity index (χ0v) is 8.66. The lowest BCUT2D eigenvalue weighted by Gasteiger charge is -2.12. The van der Waals surface area contributed by atoms with Crippen LogP contribution in [-0.2, 0) is 0 Å². The lowest BCUT2D eigenvalue weighted by molar-refractivity contribution is 0.414. The Labute approximate surface area is 84.5 Å². The molecular weight excluding hydrogens is 178 g/mol. The van der Waals surface area contributed by atoms with E-state index in [-0.39, 0.29) is 0 Å². The van der Waals surface area contributed by atoms with Gasteiger partial charge in [-0.25, -0.2) is 4.98 Å². The molecule has 1 atom stereocenters. The van der Waals surface area contributed by atoms with E-state index in [2.05, 4.69) is 17.2 Å². The Morgan fingerprint density at radius 1 is 1.64 bits per heavy atom. The van der Waals surface area contributed by atoms with Crippen LogP contribution >= 0.6 is 0 Å². The highest BCUT2D eigenvalue weighted by molar-refractivity contribution is 5.49. The Bertz CT molecular complexity index is 278. The molecule has 0 bridgehead atoms. The average Bonchev–Trinajstić information content (AvgIpc) is 2.26. The first-order chi connectivity index (χ1) is 6.77. The first-order valence-electron chi connectivity index (χ1n) is 4.71. The van der Waals surface area contributed by atoms with Crippen LogP contribution in [0.3, 0.4) is 0 Å². The van der Waals surface area contributed by atoms with Crippen LogP contribution in [-0.4, -0.2) is 25.2 Å². The number of anilines is 1. The number of pyridine rings is 1. The summed E-state index contributed by atoms with van der Waals surface area (Å²) in [7, 11) is 1.63. The minimum atomic E-state index is 0.432. The van der Waals surface area contributed by atoms with E-state index in [1.807, 2.05) is 12.1 Å². The van der Waals surface area contributed by atoms with Crippen LogP contribution in [0, 0.1) is 5.92 Å². The van der Waals surface area contributed by atoms with Crippen molar-refractivity contribution in [1.29, 1.82) is 0 Å². The summed E-state index contributed by atoms with van der Waals surface area (Å²) in [6, 6.07) is 3.72. The molecule has 1 heterocycles. The molecule has 0 aliphatic carbocycles. The first-order valence-corrected chi connectivity index (χ1v) is 4.71. The second-order valence-corrected chi connectivity index (χ2v) is 3.28. The summed E-state index contributed by atoms with van der Waals surface area (Å²) in [6.45, 7) is 3.56. The first kappa shape index (κ1) is 10.8. The molecule has 0 aliphatic rings. The standard InChI is InChI=1S/C10H17N3O/c1-8(6-11)7-13-10-9(14-2)4-3-5-12-10/h3-5,8H,6-7,11H2,1-2H3,(H,12,13). The molecule has 0 fully saturated rings. The van der Waals surface area contributed by atoms with Crippen LogP contribution in [0.25, 0.3) is 0 Å². The molecule has 0 saturated carbocycles. The van der Waals surface area contributed by atoms with E-state index in [0.717, 1.165) is 18.1 Å². The maximum absolute atomic E-state index is 5.52. The number of nitrogens with zero attached hydrogens (tertiary/aromatic N) is 1. The van der Waals surface area contributed by atoms with Crippen molar-refractivity contribution in [3.63, 3.8) is 0 Å².